The predicted octanol–water partition coefficient (Wildman–Crippen LogP) is 2.28. The minimum absolute atomic E-state index is 0.116. The number of nitrogens with one attached hydrogen (secondary N) is 2. The van der Waals surface area contributed by atoms with Gasteiger partial charge in [-0.15, -0.1) is 0 Å². The molecule has 2 N–H and O–H groups in total. The van der Waals surface area contributed by atoms with Gasteiger partial charge in [0, 0.05) is 39.1 Å². The van der Waals surface area contributed by atoms with E-state index < -0.39 is 0 Å². The summed E-state index contributed by atoms with van der Waals surface area (Å²) in [6.45, 7) is 3.93. The molecule has 0 aromatic heterocycles. The molecule has 1 fully saturated rings. The zero-order valence-electron chi connectivity index (χ0n) is 14.5. The molecule has 5 nitrogen and oxygen atoms in total. The van der Waals surface area contributed by atoms with Crippen LogP contribution < -0.4 is 10.6 Å². The normalized spacial score (nSPS) is 14.4. The number of carbonyl (C=O) groups is 1. The number of carbonyl (C=O) groups excluding carboxylic acids is 1. The van der Waals surface area contributed by atoms with Crippen molar-refractivity contribution in [2.45, 2.75) is 45.2 Å². The summed E-state index contributed by atoms with van der Waals surface area (Å²) in [5, 5.41) is 6.21. The standard InChI is InChI=1S/C18H27FN4O/c1-3-20-18(21-11-5-8-17(24)22-16-9-10-16)23(2)13-14-6-4-7-15(19)12-14/h4,6-7,12,16H,3,5,8-11,13H2,1-2H3,(H,20,21)(H,22,24). The molecule has 0 heterocycles. The summed E-state index contributed by atoms with van der Waals surface area (Å²) in [7, 11) is 1.92. The molecule has 2 rings (SSSR count). The Labute approximate surface area is 143 Å². The molecule has 0 radical (unpaired) electrons. The van der Waals surface area contributed by atoms with Gasteiger partial charge in [0.05, 0.1) is 0 Å². The average molecular weight is 334 g/mol. The van der Waals surface area contributed by atoms with E-state index in [1.165, 1.54) is 12.1 Å². The Morgan fingerprint density at radius 3 is 2.88 bits per heavy atom. The molecule has 24 heavy (non-hydrogen) atoms. The molecule has 1 aromatic carbocycles. The highest BCUT2D eigenvalue weighted by molar-refractivity contribution is 5.80. The Kier molecular flexibility index (Phi) is 7.03. The monoisotopic (exact) mass is 334 g/mol. The first-order chi connectivity index (χ1) is 11.6. The number of hydrogen-bond donors (Lipinski definition) is 2. The summed E-state index contributed by atoms with van der Waals surface area (Å²) in [6.07, 6.45) is 3.45. The smallest absolute Gasteiger partial charge is 0.220 e. The third-order valence-electron chi connectivity index (χ3n) is 3.77. The summed E-state index contributed by atoms with van der Waals surface area (Å²) < 4.78 is 13.3. The lowest BCUT2D eigenvalue weighted by Gasteiger charge is -2.22. The molecular formula is C18H27FN4O. The van der Waals surface area contributed by atoms with Crippen LogP contribution in [0.3, 0.4) is 0 Å². The number of rotatable bonds is 8. The quantitative estimate of drug-likeness (QED) is 0.436. The zero-order chi connectivity index (χ0) is 17.4. The molecular weight excluding hydrogens is 307 g/mol. The fourth-order valence-electron chi connectivity index (χ4n) is 2.41. The first-order valence-electron chi connectivity index (χ1n) is 8.61. The minimum Gasteiger partial charge on any atom is -0.357 e. The van der Waals surface area contributed by atoms with Crippen LogP contribution in [-0.4, -0.2) is 42.9 Å². The molecule has 1 aromatic rings. The van der Waals surface area contributed by atoms with Gasteiger partial charge in [-0.1, -0.05) is 12.1 Å². The van der Waals surface area contributed by atoms with Gasteiger partial charge < -0.3 is 15.5 Å². The van der Waals surface area contributed by atoms with Crippen molar-refractivity contribution in [1.29, 1.82) is 0 Å². The number of halogens is 1. The van der Waals surface area contributed by atoms with Crippen molar-refractivity contribution >= 4 is 11.9 Å². The number of benzene rings is 1. The Hall–Kier alpha value is -2.11. The third-order valence-corrected chi connectivity index (χ3v) is 3.77. The van der Waals surface area contributed by atoms with Crippen molar-refractivity contribution in [3.05, 3.63) is 35.6 Å². The summed E-state index contributed by atoms with van der Waals surface area (Å²) in [5.74, 6) is 0.652. The van der Waals surface area contributed by atoms with Crippen molar-refractivity contribution in [3.8, 4) is 0 Å². The topological polar surface area (TPSA) is 56.7 Å². The van der Waals surface area contributed by atoms with Crippen LogP contribution in [0.2, 0.25) is 0 Å². The van der Waals surface area contributed by atoms with E-state index in [2.05, 4.69) is 15.6 Å². The molecule has 0 atom stereocenters. The van der Waals surface area contributed by atoms with Crippen LogP contribution >= 0.6 is 0 Å². The van der Waals surface area contributed by atoms with E-state index in [0.29, 0.717) is 25.6 Å². The van der Waals surface area contributed by atoms with Gasteiger partial charge in [-0.25, -0.2) is 4.39 Å². The van der Waals surface area contributed by atoms with Crippen molar-refractivity contribution in [2.75, 3.05) is 20.1 Å². The molecule has 132 valence electrons. The zero-order valence-corrected chi connectivity index (χ0v) is 14.5. The van der Waals surface area contributed by atoms with Gasteiger partial charge in [-0.05, 0) is 43.9 Å². The maximum atomic E-state index is 13.3. The van der Waals surface area contributed by atoms with E-state index >= 15 is 0 Å². The highest BCUT2D eigenvalue weighted by Crippen LogP contribution is 2.18. The van der Waals surface area contributed by atoms with Gasteiger partial charge in [-0.2, -0.15) is 0 Å². The molecule has 0 unspecified atom stereocenters. The van der Waals surface area contributed by atoms with Crippen LogP contribution in [0.25, 0.3) is 0 Å². The number of hydrogen-bond acceptors (Lipinski definition) is 2. The number of aliphatic imine (C=N–C) groups is 1. The molecule has 1 aliphatic carbocycles. The molecule has 6 heteroatoms. The van der Waals surface area contributed by atoms with E-state index in [9.17, 15) is 9.18 Å². The van der Waals surface area contributed by atoms with Gasteiger partial charge in [0.1, 0.15) is 5.82 Å². The van der Waals surface area contributed by atoms with Crippen molar-refractivity contribution in [3.63, 3.8) is 0 Å². The van der Waals surface area contributed by atoms with E-state index in [1.807, 2.05) is 24.9 Å². The molecule has 1 saturated carbocycles. The van der Waals surface area contributed by atoms with E-state index in [0.717, 1.165) is 37.3 Å². The van der Waals surface area contributed by atoms with Gasteiger partial charge in [0.15, 0.2) is 5.96 Å². The van der Waals surface area contributed by atoms with Gasteiger partial charge >= 0.3 is 0 Å². The fourth-order valence-corrected chi connectivity index (χ4v) is 2.41. The summed E-state index contributed by atoms with van der Waals surface area (Å²) in [6, 6.07) is 6.99. The number of nitrogens with zero attached hydrogens (tertiary/aromatic N) is 2. The van der Waals surface area contributed by atoms with Crippen LogP contribution in [-0.2, 0) is 11.3 Å². The third kappa shape index (κ3) is 6.56. The number of amides is 1. The first-order valence-corrected chi connectivity index (χ1v) is 8.61. The summed E-state index contributed by atoms with van der Waals surface area (Å²) in [5.41, 5.74) is 0.895. The molecule has 0 aliphatic heterocycles. The minimum atomic E-state index is -0.232. The van der Waals surface area contributed by atoms with E-state index in [1.54, 1.807) is 6.07 Å². The van der Waals surface area contributed by atoms with Gasteiger partial charge in [0.25, 0.3) is 0 Å². The lowest BCUT2D eigenvalue weighted by Crippen LogP contribution is -2.38. The molecule has 1 amide bonds. The van der Waals surface area contributed by atoms with E-state index in [-0.39, 0.29) is 11.7 Å². The van der Waals surface area contributed by atoms with Crippen LogP contribution in [0, 0.1) is 5.82 Å². The highest BCUT2D eigenvalue weighted by Gasteiger charge is 2.22. The van der Waals surface area contributed by atoms with Gasteiger partial charge in [0.2, 0.25) is 5.91 Å². The van der Waals surface area contributed by atoms with Crippen LogP contribution in [0.4, 0.5) is 4.39 Å². The fraction of sp³-hybridized carbons (Fsp3) is 0.556. The summed E-state index contributed by atoms with van der Waals surface area (Å²) >= 11 is 0. The molecule has 0 saturated heterocycles. The maximum absolute atomic E-state index is 13.3. The number of guanidine groups is 1. The average Bonchev–Trinajstić information content (AvgIpc) is 3.34. The Morgan fingerprint density at radius 2 is 2.21 bits per heavy atom. The Balaban J connectivity index is 1.80. The summed E-state index contributed by atoms with van der Waals surface area (Å²) in [4.78, 5) is 18.2. The molecule has 0 bridgehead atoms. The van der Waals surface area contributed by atoms with E-state index in [4.69, 9.17) is 0 Å². The predicted molar refractivity (Wildman–Crippen MR) is 94.2 cm³/mol. The second kappa shape index (κ2) is 9.25. The Bertz CT molecular complexity index is 572. The van der Waals surface area contributed by atoms with Crippen LogP contribution in [0.1, 0.15) is 38.2 Å². The second-order valence-electron chi connectivity index (χ2n) is 6.17. The van der Waals surface area contributed by atoms with Crippen molar-refractivity contribution in [1.82, 2.24) is 15.5 Å². The van der Waals surface area contributed by atoms with Crippen LogP contribution in [0.5, 0.6) is 0 Å². The lowest BCUT2D eigenvalue weighted by atomic mass is 10.2. The molecule has 1 aliphatic rings. The maximum Gasteiger partial charge on any atom is 0.220 e. The lowest BCUT2D eigenvalue weighted by molar-refractivity contribution is -0.121. The molecule has 0 spiro atoms. The largest absolute Gasteiger partial charge is 0.357 e. The second-order valence-corrected chi connectivity index (χ2v) is 6.17. The van der Waals surface area contributed by atoms with Gasteiger partial charge in [-0.3, -0.25) is 9.79 Å². The van der Waals surface area contributed by atoms with Crippen molar-refractivity contribution in [2.24, 2.45) is 4.99 Å². The SMILES string of the molecule is CCNC(=NCCCC(=O)NC1CC1)N(C)Cc1cccc(F)c1. The first kappa shape index (κ1) is 18.2. The van der Waals surface area contributed by atoms with Crippen molar-refractivity contribution < 1.29 is 9.18 Å². The Morgan fingerprint density at radius 1 is 1.42 bits per heavy atom. The van der Waals surface area contributed by atoms with Crippen LogP contribution in [0.15, 0.2) is 29.3 Å². The highest BCUT2D eigenvalue weighted by atomic mass is 19.1.